The highest BCUT2D eigenvalue weighted by molar-refractivity contribution is 6.67. The lowest BCUT2D eigenvalue weighted by atomic mass is 10.0. The maximum Gasteiger partial charge on any atom is 0.241 e. The van der Waals surface area contributed by atoms with Crippen LogP contribution in [0.2, 0.25) is 0 Å². The number of nitrogens with one attached hydrogen (secondary N) is 1. The molecule has 0 aromatic rings. The minimum absolute atomic E-state index is 0.336. The fourth-order valence-corrected chi connectivity index (χ4v) is 3.03. The molecule has 21 heavy (non-hydrogen) atoms. The summed E-state index contributed by atoms with van der Waals surface area (Å²) in [5.74, 6) is -0.701. The molecule has 10 heteroatoms. The molecule has 0 saturated carbocycles. The van der Waals surface area contributed by atoms with Gasteiger partial charge in [0.1, 0.15) is 18.3 Å². The number of hydrogen-bond donors (Lipinski definition) is 2. The van der Waals surface area contributed by atoms with E-state index in [1.165, 1.54) is 0 Å². The van der Waals surface area contributed by atoms with E-state index in [4.69, 9.17) is 58.5 Å². The van der Waals surface area contributed by atoms with E-state index in [1.807, 2.05) is 0 Å². The Bertz CT molecular complexity index is 406. The van der Waals surface area contributed by atoms with E-state index in [0.717, 1.165) is 0 Å². The van der Waals surface area contributed by atoms with Crippen LogP contribution in [0.1, 0.15) is 13.8 Å². The number of hydrogen-bond acceptors (Lipinski definition) is 7. The third-order valence-electron chi connectivity index (χ3n) is 3.62. The molecule has 3 rings (SSSR count). The number of ether oxygens (including phenoxy) is 5. The monoisotopic (exact) mass is 363 g/mol. The first-order valence-electron chi connectivity index (χ1n) is 6.46. The smallest absolute Gasteiger partial charge is 0.241 e. The normalized spacial score (nSPS) is 46.0. The van der Waals surface area contributed by atoms with E-state index < -0.39 is 40.4 Å². The Hall–Kier alpha value is 0.590. The highest BCUT2D eigenvalue weighted by atomic mass is 35.6. The molecule has 0 amide bonds. The Kier molecular flexibility index (Phi) is 4.38. The molecule has 3 aliphatic rings. The van der Waals surface area contributed by atoms with E-state index in [9.17, 15) is 5.21 Å². The molecule has 1 unspecified atom stereocenters. The molecule has 3 fully saturated rings. The second-order valence-electron chi connectivity index (χ2n) is 5.60. The van der Waals surface area contributed by atoms with Crippen molar-refractivity contribution >= 4 is 34.8 Å². The van der Waals surface area contributed by atoms with Gasteiger partial charge in [0.2, 0.25) is 10.1 Å². The fourth-order valence-electron chi connectivity index (χ4n) is 2.73. The lowest BCUT2D eigenvalue weighted by Gasteiger charge is -2.27. The fraction of sp³-hybridized carbons (Fsp3) is 1.00. The van der Waals surface area contributed by atoms with Crippen LogP contribution in [0.3, 0.4) is 0 Å². The first-order chi connectivity index (χ1) is 9.71. The van der Waals surface area contributed by atoms with Crippen molar-refractivity contribution in [3.8, 4) is 0 Å². The highest BCUT2D eigenvalue weighted by Crippen LogP contribution is 2.43. The van der Waals surface area contributed by atoms with Gasteiger partial charge in [0, 0.05) is 0 Å². The van der Waals surface area contributed by atoms with Crippen LogP contribution < -0.4 is 5.48 Å². The van der Waals surface area contributed by atoms with Gasteiger partial charge in [-0.05, 0) is 13.8 Å². The molecule has 2 N–H and O–H groups in total. The lowest BCUT2D eigenvalue weighted by molar-refractivity contribution is -0.195. The molecule has 0 bridgehead atoms. The Morgan fingerprint density at radius 3 is 2.38 bits per heavy atom. The SMILES string of the molecule is CC1(C)OC[C@H]([C@H]2O[C@@H]3OC(C(Cl)(Cl)Cl)O[C@@H]3[C@@H]2NO)O1. The molecule has 7 nitrogen and oxygen atoms in total. The van der Waals surface area contributed by atoms with Gasteiger partial charge in [0.25, 0.3) is 0 Å². The first-order valence-corrected chi connectivity index (χ1v) is 7.59. The summed E-state index contributed by atoms with van der Waals surface area (Å²) in [5.41, 5.74) is 2.17. The predicted octanol–water partition coefficient (Wildman–Crippen LogP) is 1.32. The zero-order valence-electron chi connectivity index (χ0n) is 11.3. The van der Waals surface area contributed by atoms with Gasteiger partial charge >= 0.3 is 0 Å². The Labute approximate surface area is 136 Å². The first kappa shape index (κ1) is 16.4. The van der Waals surface area contributed by atoms with E-state index in [1.54, 1.807) is 13.8 Å². The molecule has 0 spiro atoms. The summed E-state index contributed by atoms with van der Waals surface area (Å²) in [6, 6.07) is -0.588. The number of fused-ring (bicyclic) bond motifs is 1. The van der Waals surface area contributed by atoms with Crippen molar-refractivity contribution in [2.45, 2.75) is 60.4 Å². The third-order valence-corrected chi connectivity index (χ3v) is 4.15. The van der Waals surface area contributed by atoms with Gasteiger partial charge in [-0.3, -0.25) is 0 Å². The van der Waals surface area contributed by atoms with Gasteiger partial charge in [0.15, 0.2) is 12.1 Å². The summed E-state index contributed by atoms with van der Waals surface area (Å²) >= 11 is 17.2. The van der Waals surface area contributed by atoms with E-state index in [2.05, 4.69) is 5.48 Å². The summed E-state index contributed by atoms with van der Waals surface area (Å²) in [6.07, 6.45) is -3.32. The van der Waals surface area contributed by atoms with Crippen LogP contribution in [0.4, 0.5) is 0 Å². The van der Waals surface area contributed by atoms with Crippen LogP contribution in [0.5, 0.6) is 0 Å². The molecule has 0 radical (unpaired) electrons. The van der Waals surface area contributed by atoms with Gasteiger partial charge < -0.3 is 28.9 Å². The molecule has 0 aliphatic carbocycles. The Morgan fingerprint density at radius 1 is 1.14 bits per heavy atom. The number of hydroxylamine groups is 1. The molecule has 3 saturated heterocycles. The van der Waals surface area contributed by atoms with Crippen molar-refractivity contribution in [1.82, 2.24) is 5.48 Å². The molecule has 6 atom stereocenters. The quantitative estimate of drug-likeness (QED) is 0.565. The minimum atomic E-state index is -1.74. The molecule has 0 aromatic heterocycles. The maximum absolute atomic E-state index is 9.40. The van der Waals surface area contributed by atoms with Crippen LogP contribution in [0, 0.1) is 0 Å². The zero-order chi connectivity index (χ0) is 15.4. The third kappa shape index (κ3) is 3.14. The van der Waals surface area contributed by atoms with Crippen molar-refractivity contribution in [3.63, 3.8) is 0 Å². The van der Waals surface area contributed by atoms with Crippen LogP contribution in [-0.4, -0.2) is 58.3 Å². The van der Waals surface area contributed by atoms with Crippen LogP contribution in [0.25, 0.3) is 0 Å². The van der Waals surface area contributed by atoms with Crippen molar-refractivity contribution < 1.29 is 28.9 Å². The molecule has 3 aliphatic heterocycles. The minimum Gasteiger partial charge on any atom is -0.348 e. The van der Waals surface area contributed by atoms with Crippen LogP contribution in [0.15, 0.2) is 0 Å². The van der Waals surface area contributed by atoms with Gasteiger partial charge in [0.05, 0.1) is 12.6 Å². The summed E-state index contributed by atoms with van der Waals surface area (Å²) in [6.45, 7) is 3.94. The highest BCUT2D eigenvalue weighted by Gasteiger charge is 2.59. The van der Waals surface area contributed by atoms with Gasteiger partial charge in [-0.1, -0.05) is 34.8 Å². The van der Waals surface area contributed by atoms with E-state index in [0.29, 0.717) is 6.61 Å². The molecular formula is C11H16Cl3NO6. The van der Waals surface area contributed by atoms with Crippen molar-refractivity contribution in [3.05, 3.63) is 0 Å². The summed E-state index contributed by atoms with van der Waals surface area (Å²) in [7, 11) is 0. The number of alkyl halides is 3. The average molecular weight is 365 g/mol. The molecule has 3 heterocycles. The second kappa shape index (κ2) is 5.59. The Balaban J connectivity index is 1.69. The lowest BCUT2D eigenvalue weighted by Crippen LogP contribution is -2.49. The van der Waals surface area contributed by atoms with Crippen LogP contribution >= 0.6 is 34.8 Å². The van der Waals surface area contributed by atoms with Gasteiger partial charge in [-0.15, -0.1) is 0 Å². The number of halogens is 3. The zero-order valence-corrected chi connectivity index (χ0v) is 13.6. The predicted molar refractivity (Wildman–Crippen MR) is 72.3 cm³/mol. The van der Waals surface area contributed by atoms with Gasteiger partial charge in [-0.25, -0.2) is 0 Å². The molecule has 122 valence electrons. The summed E-state index contributed by atoms with van der Waals surface area (Å²) in [4.78, 5) is 0. The van der Waals surface area contributed by atoms with E-state index >= 15 is 0 Å². The maximum atomic E-state index is 9.40. The second-order valence-corrected chi connectivity index (χ2v) is 7.97. The molecule has 0 aromatic carbocycles. The van der Waals surface area contributed by atoms with Gasteiger partial charge in [-0.2, -0.15) is 5.48 Å². The summed E-state index contributed by atoms with van der Waals surface area (Å²) < 4.78 is 26.2. The number of rotatable bonds is 2. The molecular weight excluding hydrogens is 348 g/mol. The largest absolute Gasteiger partial charge is 0.348 e. The summed E-state index contributed by atoms with van der Waals surface area (Å²) in [5, 5.41) is 9.40. The van der Waals surface area contributed by atoms with E-state index in [-0.39, 0.29) is 6.10 Å². The van der Waals surface area contributed by atoms with Crippen molar-refractivity contribution in [2.75, 3.05) is 6.61 Å². The Morgan fingerprint density at radius 2 is 1.86 bits per heavy atom. The van der Waals surface area contributed by atoms with Crippen molar-refractivity contribution in [2.24, 2.45) is 0 Å². The van der Waals surface area contributed by atoms with Crippen LogP contribution in [-0.2, 0) is 23.7 Å². The average Bonchev–Trinajstić information content (AvgIpc) is 2.98. The van der Waals surface area contributed by atoms with Crippen molar-refractivity contribution in [1.29, 1.82) is 0 Å². The topological polar surface area (TPSA) is 78.4 Å². The standard InChI is InChI=1S/C11H16Cl3NO6/c1-10(2)17-3-4(21-10)6-5(15-16)7-8(18-6)20-9(19-7)11(12,13)14/h4-9,15-16H,3H2,1-2H3/t4-,5-,6-,7-,8-,9?/m1/s1.